The summed E-state index contributed by atoms with van der Waals surface area (Å²) in [5.74, 6) is -1.48. The van der Waals surface area contributed by atoms with E-state index in [1.54, 1.807) is 12.1 Å². The Balaban J connectivity index is 2.06. The highest BCUT2D eigenvalue weighted by Crippen LogP contribution is 2.39. The number of hydrogen-bond acceptors (Lipinski definition) is 4. The molecule has 100 valence electrons. The van der Waals surface area contributed by atoms with E-state index < -0.39 is 17.6 Å². The molecular weight excluding hydrogens is 259 g/mol. The molecule has 0 amide bonds. The number of alkyl halides is 3. The number of nitrogens with two attached hydrogens (primary N) is 1. The minimum absolute atomic E-state index is 0.121. The normalized spacial score (nSPS) is 22.5. The summed E-state index contributed by atoms with van der Waals surface area (Å²) >= 11 is 0. The zero-order valence-electron chi connectivity index (χ0n) is 9.74. The summed E-state index contributed by atoms with van der Waals surface area (Å²) in [5, 5.41) is 3.40. The Hall–Kier alpha value is -1.89. The second-order valence-corrected chi connectivity index (χ2v) is 4.55. The predicted octanol–water partition coefficient (Wildman–Crippen LogP) is 2.24. The van der Waals surface area contributed by atoms with E-state index in [-0.39, 0.29) is 5.82 Å². The van der Waals surface area contributed by atoms with Crippen molar-refractivity contribution in [3.8, 4) is 0 Å². The highest BCUT2D eigenvalue weighted by Gasteiger charge is 2.44. The molecule has 1 heterocycles. The van der Waals surface area contributed by atoms with Gasteiger partial charge in [0.25, 0.3) is 0 Å². The van der Waals surface area contributed by atoms with Gasteiger partial charge < -0.3 is 10.3 Å². The maximum atomic E-state index is 12.5. The van der Waals surface area contributed by atoms with Gasteiger partial charge in [-0.15, -0.1) is 0 Å². The molecule has 0 saturated heterocycles. The Morgan fingerprint density at radius 2 is 2.00 bits per heavy atom. The summed E-state index contributed by atoms with van der Waals surface area (Å²) in [4.78, 5) is 3.41. The number of nitrogens with zero attached hydrogens (tertiary/aromatic N) is 2. The molecule has 1 aliphatic carbocycles. The van der Waals surface area contributed by atoms with Crippen molar-refractivity contribution in [2.75, 3.05) is 0 Å². The van der Waals surface area contributed by atoms with E-state index in [2.05, 4.69) is 14.7 Å². The van der Waals surface area contributed by atoms with Gasteiger partial charge in [-0.05, 0) is 24.0 Å². The summed E-state index contributed by atoms with van der Waals surface area (Å²) in [6.45, 7) is 0. The molecule has 7 heteroatoms. The second-order valence-electron chi connectivity index (χ2n) is 4.55. The number of aryl methyl sites for hydroxylation is 1. The maximum Gasteiger partial charge on any atom is 0.471 e. The molecule has 4 nitrogen and oxygen atoms in total. The number of benzene rings is 1. The van der Waals surface area contributed by atoms with Crippen LogP contribution in [0.25, 0.3) is 0 Å². The first-order valence-electron chi connectivity index (χ1n) is 5.70. The lowest BCUT2D eigenvalue weighted by Gasteiger charge is -2.20. The molecule has 3 rings (SSSR count). The average molecular weight is 269 g/mol. The topological polar surface area (TPSA) is 64.9 Å². The lowest BCUT2D eigenvalue weighted by Crippen LogP contribution is -2.36. The quantitative estimate of drug-likeness (QED) is 0.862. The average Bonchev–Trinajstić information content (AvgIpc) is 2.96. The molecule has 2 aromatic rings. The van der Waals surface area contributed by atoms with Crippen LogP contribution in [0.2, 0.25) is 0 Å². The summed E-state index contributed by atoms with van der Waals surface area (Å²) in [7, 11) is 0. The van der Waals surface area contributed by atoms with Crippen LogP contribution >= 0.6 is 0 Å². The lowest BCUT2D eigenvalue weighted by molar-refractivity contribution is -0.159. The second kappa shape index (κ2) is 3.80. The van der Waals surface area contributed by atoms with Crippen LogP contribution in [0, 0.1) is 0 Å². The molecule has 0 radical (unpaired) electrons. The number of aromatic nitrogens is 2. The molecule has 1 aromatic heterocycles. The van der Waals surface area contributed by atoms with E-state index in [0.717, 1.165) is 11.1 Å². The Morgan fingerprint density at radius 3 is 2.68 bits per heavy atom. The van der Waals surface area contributed by atoms with Crippen LogP contribution in [0.1, 0.15) is 29.3 Å². The monoisotopic (exact) mass is 269 g/mol. The van der Waals surface area contributed by atoms with Crippen LogP contribution in [0.5, 0.6) is 0 Å². The first-order chi connectivity index (χ1) is 8.91. The van der Waals surface area contributed by atoms with Gasteiger partial charge in [0, 0.05) is 0 Å². The Bertz CT molecular complexity index is 623. The molecule has 1 unspecified atom stereocenters. The van der Waals surface area contributed by atoms with E-state index in [1.807, 2.05) is 12.1 Å². The van der Waals surface area contributed by atoms with Crippen LogP contribution < -0.4 is 5.73 Å². The molecule has 1 aliphatic rings. The van der Waals surface area contributed by atoms with Crippen molar-refractivity contribution in [1.29, 1.82) is 0 Å². The molecule has 2 N–H and O–H groups in total. The number of fused-ring (bicyclic) bond motifs is 1. The Kier molecular flexibility index (Phi) is 2.43. The third-order valence-corrected chi connectivity index (χ3v) is 3.35. The number of hydrogen-bond donors (Lipinski definition) is 1. The Labute approximate surface area is 106 Å². The molecule has 0 fully saturated rings. The molecule has 0 aliphatic heterocycles. The molecule has 19 heavy (non-hydrogen) atoms. The zero-order chi connectivity index (χ0) is 13.7. The van der Waals surface area contributed by atoms with Gasteiger partial charge in [0.15, 0.2) is 5.82 Å². The van der Waals surface area contributed by atoms with Crippen molar-refractivity contribution < 1.29 is 17.7 Å². The largest absolute Gasteiger partial charge is 0.471 e. The third kappa shape index (κ3) is 1.81. The number of rotatable bonds is 1. The van der Waals surface area contributed by atoms with Crippen LogP contribution in [0.3, 0.4) is 0 Å². The van der Waals surface area contributed by atoms with Crippen molar-refractivity contribution in [3.05, 3.63) is 47.1 Å². The molecule has 1 atom stereocenters. The lowest BCUT2D eigenvalue weighted by atomic mass is 9.92. The van der Waals surface area contributed by atoms with Gasteiger partial charge >= 0.3 is 12.1 Å². The fourth-order valence-electron chi connectivity index (χ4n) is 2.39. The van der Waals surface area contributed by atoms with Crippen molar-refractivity contribution in [2.45, 2.75) is 24.6 Å². The van der Waals surface area contributed by atoms with Gasteiger partial charge in [0.2, 0.25) is 0 Å². The molecular formula is C12H10F3N3O. The van der Waals surface area contributed by atoms with E-state index >= 15 is 0 Å². The minimum Gasteiger partial charge on any atom is -0.329 e. The van der Waals surface area contributed by atoms with Crippen LogP contribution in [0.4, 0.5) is 13.2 Å². The summed E-state index contributed by atoms with van der Waals surface area (Å²) in [6.07, 6.45) is -3.51. The molecule has 0 saturated carbocycles. The minimum atomic E-state index is -4.65. The third-order valence-electron chi connectivity index (χ3n) is 3.35. The van der Waals surface area contributed by atoms with Crippen molar-refractivity contribution in [2.24, 2.45) is 5.73 Å². The highest BCUT2D eigenvalue weighted by molar-refractivity contribution is 5.42. The van der Waals surface area contributed by atoms with Gasteiger partial charge in [-0.1, -0.05) is 29.4 Å². The SMILES string of the molecule is NC1(c2noc(C(F)(F)F)n2)CCc2ccccc21. The van der Waals surface area contributed by atoms with Gasteiger partial charge in [0.1, 0.15) is 5.54 Å². The number of halogens is 3. The van der Waals surface area contributed by atoms with E-state index in [4.69, 9.17) is 5.73 Å². The van der Waals surface area contributed by atoms with Gasteiger partial charge in [-0.2, -0.15) is 18.2 Å². The standard InChI is InChI=1S/C12H10F3N3O/c13-12(14,15)10-17-9(18-19-10)11(16)6-5-7-3-1-2-4-8(7)11/h1-4H,5-6,16H2. The van der Waals surface area contributed by atoms with Crippen LogP contribution in [-0.4, -0.2) is 10.1 Å². The van der Waals surface area contributed by atoms with E-state index in [1.165, 1.54) is 0 Å². The summed E-state index contributed by atoms with van der Waals surface area (Å²) in [6, 6.07) is 7.33. The predicted molar refractivity (Wildman–Crippen MR) is 59.0 cm³/mol. The van der Waals surface area contributed by atoms with E-state index in [0.29, 0.717) is 12.8 Å². The fourth-order valence-corrected chi connectivity index (χ4v) is 2.39. The molecule has 0 spiro atoms. The molecule has 1 aromatic carbocycles. The van der Waals surface area contributed by atoms with Crippen molar-refractivity contribution in [1.82, 2.24) is 10.1 Å². The first kappa shape index (κ1) is 12.2. The van der Waals surface area contributed by atoms with Gasteiger partial charge in [0.05, 0.1) is 0 Å². The smallest absolute Gasteiger partial charge is 0.329 e. The Morgan fingerprint density at radius 1 is 1.26 bits per heavy atom. The highest BCUT2D eigenvalue weighted by atomic mass is 19.4. The first-order valence-corrected chi connectivity index (χ1v) is 5.70. The van der Waals surface area contributed by atoms with Crippen LogP contribution in [-0.2, 0) is 18.1 Å². The van der Waals surface area contributed by atoms with Crippen molar-refractivity contribution >= 4 is 0 Å². The van der Waals surface area contributed by atoms with Gasteiger partial charge in [-0.25, -0.2) is 0 Å². The van der Waals surface area contributed by atoms with Gasteiger partial charge in [-0.3, -0.25) is 0 Å². The maximum absolute atomic E-state index is 12.5. The summed E-state index contributed by atoms with van der Waals surface area (Å²) in [5.41, 5.74) is 6.85. The fraction of sp³-hybridized carbons (Fsp3) is 0.333. The van der Waals surface area contributed by atoms with Crippen LogP contribution in [0.15, 0.2) is 28.8 Å². The molecule has 0 bridgehead atoms. The zero-order valence-corrected chi connectivity index (χ0v) is 9.74. The summed E-state index contributed by atoms with van der Waals surface area (Å²) < 4.78 is 41.7. The van der Waals surface area contributed by atoms with E-state index in [9.17, 15) is 13.2 Å². The van der Waals surface area contributed by atoms with Crippen molar-refractivity contribution in [3.63, 3.8) is 0 Å².